The second-order valence-corrected chi connectivity index (χ2v) is 5.06. The maximum Gasteiger partial charge on any atom is 0.271 e. The van der Waals surface area contributed by atoms with Crippen LogP contribution in [-0.4, -0.2) is 38.4 Å². The van der Waals surface area contributed by atoms with Crippen LogP contribution in [0.5, 0.6) is 0 Å². The lowest BCUT2D eigenvalue weighted by molar-refractivity contribution is 0.0947. The monoisotopic (exact) mass is 244 g/mol. The van der Waals surface area contributed by atoms with Crippen molar-refractivity contribution in [2.75, 3.05) is 24.3 Å². The molecular formula is C9H16N4O2S. The summed E-state index contributed by atoms with van der Waals surface area (Å²) in [6.07, 6.45) is 1.59. The van der Waals surface area contributed by atoms with Gasteiger partial charge in [0.1, 0.15) is 5.69 Å². The Morgan fingerprint density at radius 3 is 2.69 bits per heavy atom. The number of anilines is 1. The third-order valence-corrected chi connectivity index (χ3v) is 2.94. The lowest BCUT2D eigenvalue weighted by atomic mass is 10.3. The fraction of sp³-hybridized carbons (Fsp3) is 0.556. The maximum atomic E-state index is 11.7. The molecule has 1 aromatic rings. The highest BCUT2D eigenvalue weighted by molar-refractivity contribution is 7.84. The average Bonchev–Trinajstić information content (AvgIpc) is 2.40. The van der Waals surface area contributed by atoms with Crippen LogP contribution < -0.4 is 11.1 Å². The number of nitrogens with two attached hydrogens (primary N) is 1. The van der Waals surface area contributed by atoms with E-state index in [4.69, 9.17) is 5.73 Å². The number of nitrogen functional groups attached to an aromatic ring is 1. The molecule has 1 aromatic heterocycles. The summed E-state index contributed by atoms with van der Waals surface area (Å²) in [4.78, 5) is 11.7. The molecule has 0 aliphatic carbocycles. The standard InChI is InChI=1S/C9H16N4O2S/c1-6-7(10)8(13(2)12-6)9(14)11-4-5-16(3)15/h4-5,10H2,1-3H3,(H,11,14). The minimum absolute atomic E-state index is 0.286. The quantitative estimate of drug-likeness (QED) is 0.741. The normalized spacial score (nSPS) is 12.4. The van der Waals surface area contributed by atoms with E-state index in [0.29, 0.717) is 29.4 Å². The van der Waals surface area contributed by atoms with Crippen LogP contribution >= 0.6 is 0 Å². The molecule has 0 radical (unpaired) electrons. The molecule has 7 heteroatoms. The highest BCUT2D eigenvalue weighted by atomic mass is 32.2. The molecule has 0 spiro atoms. The molecule has 6 nitrogen and oxygen atoms in total. The Morgan fingerprint density at radius 2 is 2.25 bits per heavy atom. The first-order chi connectivity index (χ1) is 7.43. The Labute approximate surface area is 96.7 Å². The number of carbonyl (C=O) groups is 1. The fourth-order valence-corrected chi connectivity index (χ4v) is 1.73. The van der Waals surface area contributed by atoms with Gasteiger partial charge in [0.05, 0.1) is 11.4 Å². The van der Waals surface area contributed by atoms with Crippen molar-refractivity contribution in [3.63, 3.8) is 0 Å². The highest BCUT2D eigenvalue weighted by Crippen LogP contribution is 2.14. The minimum Gasteiger partial charge on any atom is -0.395 e. The van der Waals surface area contributed by atoms with Crippen molar-refractivity contribution in [3.05, 3.63) is 11.4 Å². The molecule has 0 fully saturated rings. The summed E-state index contributed by atoms with van der Waals surface area (Å²) in [6, 6.07) is 0. The Bertz CT molecular complexity index is 427. The van der Waals surface area contributed by atoms with E-state index in [-0.39, 0.29) is 5.91 Å². The molecule has 0 aliphatic heterocycles. The van der Waals surface area contributed by atoms with E-state index < -0.39 is 10.8 Å². The molecule has 0 saturated carbocycles. The van der Waals surface area contributed by atoms with Crippen LogP contribution in [0.15, 0.2) is 0 Å². The first-order valence-corrected chi connectivity index (χ1v) is 6.53. The summed E-state index contributed by atoms with van der Waals surface area (Å²) in [6.45, 7) is 2.11. The van der Waals surface area contributed by atoms with Crippen LogP contribution in [0.2, 0.25) is 0 Å². The molecule has 1 heterocycles. The van der Waals surface area contributed by atoms with Crippen molar-refractivity contribution in [2.45, 2.75) is 6.92 Å². The van der Waals surface area contributed by atoms with Crippen molar-refractivity contribution >= 4 is 22.4 Å². The van der Waals surface area contributed by atoms with Gasteiger partial charge in [0, 0.05) is 36.4 Å². The van der Waals surface area contributed by atoms with Gasteiger partial charge < -0.3 is 11.1 Å². The van der Waals surface area contributed by atoms with Gasteiger partial charge in [-0.25, -0.2) is 0 Å². The highest BCUT2D eigenvalue weighted by Gasteiger charge is 2.17. The van der Waals surface area contributed by atoms with Crippen LogP contribution in [0.4, 0.5) is 5.69 Å². The molecule has 1 amide bonds. The largest absolute Gasteiger partial charge is 0.395 e. The molecule has 0 bridgehead atoms. The smallest absolute Gasteiger partial charge is 0.271 e. The van der Waals surface area contributed by atoms with E-state index in [9.17, 15) is 9.00 Å². The van der Waals surface area contributed by atoms with Crippen molar-refractivity contribution < 1.29 is 9.00 Å². The molecular weight excluding hydrogens is 228 g/mol. The van der Waals surface area contributed by atoms with E-state index in [1.54, 1.807) is 20.2 Å². The number of rotatable bonds is 4. The zero-order valence-corrected chi connectivity index (χ0v) is 10.4. The van der Waals surface area contributed by atoms with Crippen LogP contribution in [0, 0.1) is 6.92 Å². The van der Waals surface area contributed by atoms with E-state index in [0.717, 1.165) is 0 Å². The number of hydrogen-bond acceptors (Lipinski definition) is 4. The summed E-state index contributed by atoms with van der Waals surface area (Å²) in [7, 11) is 0.751. The maximum absolute atomic E-state index is 11.7. The summed E-state index contributed by atoms with van der Waals surface area (Å²) in [5.74, 6) is 0.147. The second-order valence-electron chi connectivity index (χ2n) is 3.50. The molecule has 90 valence electrons. The van der Waals surface area contributed by atoms with Crippen LogP contribution in [0.1, 0.15) is 16.2 Å². The third-order valence-electron chi connectivity index (χ3n) is 2.16. The Kier molecular flexibility index (Phi) is 4.05. The minimum atomic E-state index is -0.912. The van der Waals surface area contributed by atoms with E-state index in [2.05, 4.69) is 10.4 Å². The first-order valence-electron chi connectivity index (χ1n) is 4.80. The zero-order valence-electron chi connectivity index (χ0n) is 9.61. The molecule has 1 unspecified atom stereocenters. The van der Waals surface area contributed by atoms with Crippen molar-refractivity contribution in [1.29, 1.82) is 0 Å². The number of aromatic nitrogens is 2. The lowest BCUT2D eigenvalue weighted by Crippen LogP contribution is -2.29. The van der Waals surface area contributed by atoms with Gasteiger partial charge in [-0.05, 0) is 6.92 Å². The van der Waals surface area contributed by atoms with Crippen LogP contribution in [-0.2, 0) is 17.8 Å². The fourth-order valence-electron chi connectivity index (χ4n) is 1.34. The van der Waals surface area contributed by atoms with Crippen molar-refractivity contribution in [2.24, 2.45) is 7.05 Å². The van der Waals surface area contributed by atoms with Gasteiger partial charge >= 0.3 is 0 Å². The lowest BCUT2D eigenvalue weighted by Gasteiger charge is -2.05. The Hall–Kier alpha value is -1.37. The number of nitrogens with one attached hydrogen (secondary N) is 1. The molecule has 0 aromatic carbocycles. The number of amides is 1. The third kappa shape index (κ3) is 2.82. The number of aryl methyl sites for hydroxylation is 2. The van der Waals surface area contributed by atoms with Gasteiger partial charge in [-0.1, -0.05) is 0 Å². The SMILES string of the molecule is Cc1nn(C)c(C(=O)NCCS(C)=O)c1N. The van der Waals surface area contributed by atoms with Gasteiger partial charge in [0.2, 0.25) is 0 Å². The topological polar surface area (TPSA) is 90.0 Å². The van der Waals surface area contributed by atoms with Crippen LogP contribution in [0.25, 0.3) is 0 Å². The van der Waals surface area contributed by atoms with E-state index in [1.165, 1.54) is 4.68 Å². The Morgan fingerprint density at radius 1 is 1.62 bits per heavy atom. The van der Waals surface area contributed by atoms with Crippen molar-refractivity contribution in [1.82, 2.24) is 15.1 Å². The molecule has 0 saturated heterocycles. The van der Waals surface area contributed by atoms with Crippen molar-refractivity contribution in [3.8, 4) is 0 Å². The number of nitrogens with zero attached hydrogens (tertiary/aromatic N) is 2. The van der Waals surface area contributed by atoms with Gasteiger partial charge in [-0.15, -0.1) is 0 Å². The average molecular weight is 244 g/mol. The summed E-state index contributed by atoms with van der Waals surface area (Å²) in [5, 5.41) is 6.70. The van der Waals surface area contributed by atoms with Gasteiger partial charge in [-0.2, -0.15) is 5.10 Å². The Balaban J connectivity index is 2.70. The molecule has 0 aliphatic rings. The second kappa shape index (κ2) is 5.11. The summed E-state index contributed by atoms with van der Waals surface area (Å²) >= 11 is 0. The van der Waals surface area contributed by atoms with E-state index in [1.807, 2.05) is 0 Å². The van der Waals surface area contributed by atoms with Gasteiger partial charge in [0.25, 0.3) is 5.91 Å². The predicted octanol–water partition coefficient (Wildman–Crippen LogP) is -0.581. The molecule has 16 heavy (non-hydrogen) atoms. The molecule has 1 atom stereocenters. The molecule has 1 rings (SSSR count). The number of hydrogen-bond donors (Lipinski definition) is 2. The molecule has 3 N–H and O–H groups in total. The zero-order chi connectivity index (χ0) is 12.3. The first kappa shape index (κ1) is 12.7. The summed E-state index contributed by atoms with van der Waals surface area (Å²) in [5.41, 5.74) is 7.10. The van der Waals surface area contributed by atoms with Gasteiger partial charge in [-0.3, -0.25) is 13.7 Å². The number of carbonyl (C=O) groups excluding carboxylic acids is 1. The predicted molar refractivity (Wildman–Crippen MR) is 63.6 cm³/mol. The van der Waals surface area contributed by atoms with E-state index >= 15 is 0 Å². The van der Waals surface area contributed by atoms with Gasteiger partial charge in [0.15, 0.2) is 0 Å². The van der Waals surface area contributed by atoms with Crippen LogP contribution in [0.3, 0.4) is 0 Å². The summed E-state index contributed by atoms with van der Waals surface area (Å²) < 4.78 is 12.3.